The molecule has 0 spiro atoms. The number of piperidine rings is 1. The second kappa shape index (κ2) is 8.09. The topological polar surface area (TPSA) is 86.0 Å². The number of carbonyl (C=O) groups is 1. The monoisotopic (exact) mass is 418 g/mol. The fraction of sp³-hybridized carbons (Fsp3) is 0.316. The van der Waals surface area contributed by atoms with E-state index in [0.29, 0.717) is 43.0 Å². The third kappa shape index (κ3) is 4.24. The van der Waals surface area contributed by atoms with Crippen molar-refractivity contribution >= 4 is 5.91 Å². The normalized spacial score (nSPS) is 17.0. The number of carbonyl (C=O) groups excluding carboxylic acids is 1. The lowest BCUT2D eigenvalue weighted by atomic mass is 10.1. The van der Waals surface area contributed by atoms with Gasteiger partial charge >= 0.3 is 12.2 Å². The van der Waals surface area contributed by atoms with Gasteiger partial charge in [0.15, 0.2) is 0 Å². The number of rotatable bonds is 4. The van der Waals surface area contributed by atoms with Gasteiger partial charge in [-0.25, -0.2) is 9.97 Å². The van der Waals surface area contributed by atoms with Gasteiger partial charge in [-0.3, -0.25) is 4.79 Å². The zero-order chi connectivity index (χ0) is 21.1. The summed E-state index contributed by atoms with van der Waals surface area (Å²) in [6.45, 7) is 0.803. The molecule has 0 saturated carbocycles. The van der Waals surface area contributed by atoms with Crippen molar-refractivity contribution in [3.05, 3.63) is 60.2 Å². The van der Waals surface area contributed by atoms with Crippen LogP contribution in [0.25, 0.3) is 5.69 Å². The van der Waals surface area contributed by atoms with Crippen molar-refractivity contribution in [1.29, 1.82) is 0 Å². The molecule has 4 rings (SSSR count). The molecular formula is C19H17F3N6O2. The molecule has 1 aromatic carbocycles. The highest BCUT2D eigenvalue weighted by atomic mass is 19.4. The zero-order valence-electron chi connectivity index (χ0n) is 15.7. The number of benzene rings is 1. The predicted molar refractivity (Wildman–Crippen MR) is 97.9 cm³/mol. The van der Waals surface area contributed by atoms with Crippen LogP contribution < -0.4 is 4.74 Å². The molecule has 2 aromatic heterocycles. The Kier molecular flexibility index (Phi) is 5.34. The molecule has 0 radical (unpaired) electrons. The highest BCUT2D eigenvalue weighted by molar-refractivity contribution is 5.97. The number of likely N-dealkylation sites (tertiary alicyclic amines) is 1. The van der Waals surface area contributed by atoms with E-state index in [1.165, 1.54) is 17.2 Å². The molecule has 1 aliphatic heterocycles. The minimum absolute atomic E-state index is 0.150. The SMILES string of the molecule is O=C(c1ccccc1-n1nccn1)N1CCCC(Oc2ncc(C(F)(F)F)cn2)C1. The highest BCUT2D eigenvalue weighted by Gasteiger charge is 2.32. The van der Waals surface area contributed by atoms with Crippen LogP contribution in [0.4, 0.5) is 13.2 Å². The standard InChI is InChI=1S/C19H17F3N6O2/c20-19(21,22)13-10-23-18(24-11-13)30-14-4-3-9-27(12-14)17(29)15-5-1-2-6-16(15)28-25-7-8-26-28/h1-2,5-8,10-11,14H,3-4,9,12H2. The fourth-order valence-corrected chi connectivity index (χ4v) is 3.23. The first-order valence-corrected chi connectivity index (χ1v) is 9.23. The summed E-state index contributed by atoms with van der Waals surface area (Å²) < 4.78 is 43.5. The average molecular weight is 418 g/mol. The maximum atomic E-state index is 13.1. The third-order valence-corrected chi connectivity index (χ3v) is 4.66. The summed E-state index contributed by atoms with van der Waals surface area (Å²) >= 11 is 0. The molecule has 8 nitrogen and oxygen atoms in total. The lowest BCUT2D eigenvalue weighted by molar-refractivity contribution is -0.138. The molecule has 3 heterocycles. The molecular weight excluding hydrogens is 401 g/mol. The van der Waals surface area contributed by atoms with Gasteiger partial charge in [-0.05, 0) is 25.0 Å². The van der Waals surface area contributed by atoms with E-state index < -0.39 is 17.8 Å². The molecule has 0 N–H and O–H groups in total. The summed E-state index contributed by atoms with van der Waals surface area (Å²) in [5.41, 5.74) is 0.0564. The highest BCUT2D eigenvalue weighted by Crippen LogP contribution is 2.28. The lowest BCUT2D eigenvalue weighted by Crippen LogP contribution is -2.44. The van der Waals surface area contributed by atoms with Crippen LogP contribution in [0, 0.1) is 0 Å². The average Bonchev–Trinajstić information content (AvgIpc) is 3.28. The zero-order valence-corrected chi connectivity index (χ0v) is 15.7. The van der Waals surface area contributed by atoms with Crippen LogP contribution in [-0.4, -0.2) is 55.0 Å². The Morgan fingerprint density at radius 1 is 1.10 bits per heavy atom. The first-order chi connectivity index (χ1) is 14.4. The van der Waals surface area contributed by atoms with Crippen molar-refractivity contribution in [3.8, 4) is 11.7 Å². The largest absolute Gasteiger partial charge is 0.458 e. The van der Waals surface area contributed by atoms with Gasteiger partial charge < -0.3 is 9.64 Å². The molecule has 156 valence electrons. The maximum absolute atomic E-state index is 13.1. The van der Waals surface area contributed by atoms with Crippen molar-refractivity contribution in [2.24, 2.45) is 0 Å². The Bertz CT molecular complexity index is 1010. The molecule has 1 atom stereocenters. The molecule has 11 heteroatoms. The molecule has 30 heavy (non-hydrogen) atoms. The number of ether oxygens (including phenoxy) is 1. The number of para-hydroxylation sites is 1. The van der Waals surface area contributed by atoms with Crippen LogP contribution in [0.15, 0.2) is 49.1 Å². The minimum Gasteiger partial charge on any atom is -0.458 e. The number of nitrogens with zero attached hydrogens (tertiary/aromatic N) is 6. The van der Waals surface area contributed by atoms with E-state index in [2.05, 4.69) is 20.2 Å². The Morgan fingerprint density at radius 3 is 2.50 bits per heavy atom. The van der Waals surface area contributed by atoms with E-state index >= 15 is 0 Å². The van der Waals surface area contributed by atoms with Crippen LogP contribution in [-0.2, 0) is 6.18 Å². The minimum atomic E-state index is -4.51. The number of hydrogen-bond donors (Lipinski definition) is 0. The van der Waals surface area contributed by atoms with E-state index in [4.69, 9.17) is 4.74 Å². The Morgan fingerprint density at radius 2 is 1.80 bits per heavy atom. The van der Waals surface area contributed by atoms with Crippen molar-refractivity contribution < 1.29 is 22.7 Å². The van der Waals surface area contributed by atoms with Gasteiger partial charge in [-0.1, -0.05) is 12.1 Å². The van der Waals surface area contributed by atoms with E-state index in [1.807, 2.05) is 0 Å². The molecule has 0 bridgehead atoms. The number of amides is 1. The Hall–Kier alpha value is -3.50. The number of alkyl halides is 3. The predicted octanol–water partition coefficient (Wildman–Crippen LogP) is 2.76. The molecule has 1 amide bonds. The van der Waals surface area contributed by atoms with Crippen LogP contribution in [0.2, 0.25) is 0 Å². The fourth-order valence-electron chi connectivity index (χ4n) is 3.23. The quantitative estimate of drug-likeness (QED) is 0.648. The van der Waals surface area contributed by atoms with Crippen LogP contribution >= 0.6 is 0 Å². The van der Waals surface area contributed by atoms with Crippen molar-refractivity contribution in [1.82, 2.24) is 29.9 Å². The second-order valence-electron chi connectivity index (χ2n) is 6.72. The molecule has 0 aliphatic carbocycles. The molecule has 1 fully saturated rings. The van der Waals surface area contributed by atoms with Gasteiger partial charge in [0, 0.05) is 18.9 Å². The molecule has 1 saturated heterocycles. The molecule has 1 aliphatic rings. The number of hydrogen-bond acceptors (Lipinski definition) is 6. The Labute approximate surface area is 169 Å². The van der Waals surface area contributed by atoms with Gasteiger partial charge in [-0.15, -0.1) is 0 Å². The third-order valence-electron chi connectivity index (χ3n) is 4.66. The van der Waals surface area contributed by atoms with E-state index in [0.717, 1.165) is 0 Å². The summed E-state index contributed by atoms with van der Waals surface area (Å²) in [6.07, 6.45) is 0.795. The van der Waals surface area contributed by atoms with Gasteiger partial charge in [0.25, 0.3) is 5.91 Å². The summed E-state index contributed by atoms with van der Waals surface area (Å²) in [5, 5.41) is 8.17. The Balaban J connectivity index is 1.46. The number of halogens is 3. The van der Waals surface area contributed by atoms with Crippen molar-refractivity contribution in [3.63, 3.8) is 0 Å². The van der Waals surface area contributed by atoms with Crippen LogP contribution in [0.1, 0.15) is 28.8 Å². The first-order valence-electron chi connectivity index (χ1n) is 9.23. The molecule has 1 unspecified atom stereocenters. The van der Waals surface area contributed by atoms with E-state index in [1.54, 1.807) is 29.2 Å². The lowest BCUT2D eigenvalue weighted by Gasteiger charge is -2.32. The van der Waals surface area contributed by atoms with Gasteiger partial charge in [0.05, 0.1) is 35.8 Å². The first kappa shape index (κ1) is 19.8. The summed E-state index contributed by atoms with van der Waals surface area (Å²) in [5.74, 6) is -0.204. The van der Waals surface area contributed by atoms with Crippen LogP contribution in [0.5, 0.6) is 6.01 Å². The number of aromatic nitrogens is 5. The smallest absolute Gasteiger partial charge is 0.419 e. The van der Waals surface area contributed by atoms with E-state index in [9.17, 15) is 18.0 Å². The summed E-state index contributed by atoms with van der Waals surface area (Å²) in [4.78, 5) is 23.4. The maximum Gasteiger partial charge on any atom is 0.419 e. The van der Waals surface area contributed by atoms with Gasteiger partial charge in [-0.2, -0.15) is 28.2 Å². The van der Waals surface area contributed by atoms with Gasteiger partial charge in [0.1, 0.15) is 6.10 Å². The second-order valence-corrected chi connectivity index (χ2v) is 6.72. The van der Waals surface area contributed by atoms with Crippen LogP contribution in [0.3, 0.4) is 0 Å². The van der Waals surface area contributed by atoms with Gasteiger partial charge in [0.2, 0.25) is 0 Å². The molecule has 3 aromatic rings. The van der Waals surface area contributed by atoms with Crippen molar-refractivity contribution in [2.45, 2.75) is 25.1 Å². The summed E-state index contributed by atoms with van der Waals surface area (Å²) in [6, 6.07) is 6.85. The van der Waals surface area contributed by atoms with Crippen molar-refractivity contribution in [2.75, 3.05) is 13.1 Å². The summed E-state index contributed by atoms with van der Waals surface area (Å²) in [7, 11) is 0. The van der Waals surface area contributed by atoms with E-state index in [-0.39, 0.29) is 18.5 Å².